The highest BCUT2D eigenvalue weighted by Crippen LogP contribution is 2.31. The first-order chi connectivity index (χ1) is 13.2. The summed E-state index contributed by atoms with van der Waals surface area (Å²) < 4.78 is 7.33. The van der Waals surface area contributed by atoms with Gasteiger partial charge in [0, 0.05) is 18.1 Å². The van der Waals surface area contributed by atoms with Gasteiger partial charge in [0.2, 0.25) is 0 Å². The van der Waals surface area contributed by atoms with Crippen molar-refractivity contribution in [3.63, 3.8) is 0 Å². The number of carbonyl (C=O) groups excluding carboxylic acids is 2. The summed E-state index contributed by atoms with van der Waals surface area (Å²) in [6.45, 7) is 0.454. The fourth-order valence-corrected chi connectivity index (χ4v) is 3.64. The number of anilines is 1. The molecule has 7 heteroatoms. The molecular weight excluding hydrogens is 362 g/mol. The van der Waals surface area contributed by atoms with Crippen LogP contribution in [-0.2, 0) is 16.1 Å². The van der Waals surface area contributed by atoms with Crippen LogP contribution < -0.4 is 14.4 Å². The maximum Gasteiger partial charge on any atom is 0.268 e. The van der Waals surface area contributed by atoms with Crippen LogP contribution in [0, 0.1) is 0 Å². The molecular formula is C20H17N3O3S. The number of aromatic nitrogens is 1. The molecule has 0 N–H and O–H groups in total. The van der Waals surface area contributed by atoms with Crippen molar-refractivity contribution < 1.29 is 14.3 Å². The summed E-state index contributed by atoms with van der Waals surface area (Å²) in [5.74, 6) is -0.0231. The molecule has 0 radical (unpaired) electrons. The summed E-state index contributed by atoms with van der Waals surface area (Å²) in [7, 11) is 0. The third kappa shape index (κ3) is 3.83. The average molecular weight is 379 g/mol. The topological polar surface area (TPSA) is 63.9 Å². The Bertz CT molecular complexity index is 1040. The van der Waals surface area contributed by atoms with Crippen molar-refractivity contribution in [1.29, 1.82) is 0 Å². The number of rotatable bonds is 4. The number of nitrogens with zero attached hydrogens (tertiary/aromatic N) is 3. The Morgan fingerprint density at radius 2 is 1.89 bits per heavy atom. The molecule has 6 nitrogen and oxygen atoms in total. The Kier molecular flexibility index (Phi) is 4.84. The monoisotopic (exact) mass is 379 g/mol. The molecule has 4 rings (SSSR count). The molecule has 3 aromatic rings. The minimum atomic E-state index is -0.371. The van der Waals surface area contributed by atoms with E-state index in [0.717, 1.165) is 5.56 Å². The number of benzene rings is 2. The summed E-state index contributed by atoms with van der Waals surface area (Å²) in [5.41, 5.74) is 1.72. The normalized spacial score (nSPS) is 14.0. The van der Waals surface area contributed by atoms with Gasteiger partial charge in [0.25, 0.3) is 11.8 Å². The molecule has 1 aromatic heterocycles. The average Bonchev–Trinajstić information content (AvgIpc) is 3.11. The van der Waals surface area contributed by atoms with E-state index in [-0.39, 0.29) is 25.0 Å². The Morgan fingerprint density at radius 3 is 2.74 bits per heavy atom. The van der Waals surface area contributed by atoms with E-state index in [2.05, 4.69) is 4.99 Å². The van der Waals surface area contributed by atoms with Crippen LogP contribution in [0.2, 0.25) is 0 Å². The third-order valence-corrected chi connectivity index (χ3v) is 4.97. The van der Waals surface area contributed by atoms with E-state index < -0.39 is 0 Å². The zero-order chi connectivity index (χ0) is 18.6. The molecule has 27 heavy (non-hydrogen) atoms. The van der Waals surface area contributed by atoms with Gasteiger partial charge in [-0.05, 0) is 17.7 Å². The Balaban J connectivity index is 1.55. The van der Waals surface area contributed by atoms with E-state index in [1.54, 1.807) is 12.1 Å². The van der Waals surface area contributed by atoms with Crippen LogP contribution >= 0.6 is 11.3 Å². The number of amides is 2. The van der Waals surface area contributed by atoms with E-state index in [1.165, 1.54) is 16.2 Å². The predicted octanol–water partition coefficient (Wildman–Crippen LogP) is 2.45. The molecule has 1 aliphatic heterocycles. The lowest BCUT2D eigenvalue weighted by Crippen LogP contribution is -2.42. The van der Waals surface area contributed by atoms with Gasteiger partial charge in [-0.25, -0.2) is 0 Å². The van der Waals surface area contributed by atoms with E-state index in [9.17, 15) is 9.59 Å². The van der Waals surface area contributed by atoms with Crippen LogP contribution in [0.15, 0.2) is 71.2 Å². The number of carbonyl (C=O) groups is 2. The van der Waals surface area contributed by atoms with Crippen molar-refractivity contribution in [3.05, 3.63) is 76.5 Å². The number of fused-ring (bicyclic) bond motifs is 1. The molecule has 2 aromatic carbocycles. The Morgan fingerprint density at radius 1 is 1.11 bits per heavy atom. The number of hydrogen-bond donors (Lipinski definition) is 0. The summed E-state index contributed by atoms with van der Waals surface area (Å²) in [4.78, 5) is 31.0. The lowest BCUT2D eigenvalue weighted by atomic mass is 10.2. The quantitative estimate of drug-likeness (QED) is 0.699. The molecule has 2 amide bonds. The largest absolute Gasteiger partial charge is 0.482 e. The molecule has 0 spiro atoms. The van der Waals surface area contributed by atoms with Gasteiger partial charge in [-0.15, -0.1) is 11.3 Å². The highest BCUT2D eigenvalue weighted by molar-refractivity contribution is 7.07. The fraction of sp³-hybridized carbons (Fsp3) is 0.150. The van der Waals surface area contributed by atoms with E-state index in [1.807, 2.05) is 58.6 Å². The fourth-order valence-electron chi connectivity index (χ4n) is 2.89. The minimum absolute atomic E-state index is 0.0721. The van der Waals surface area contributed by atoms with Crippen LogP contribution in [-0.4, -0.2) is 29.5 Å². The lowest BCUT2D eigenvalue weighted by Gasteiger charge is -2.28. The van der Waals surface area contributed by atoms with Crippen LogP contribution in [0.4, 0.5) is 5.69 Å². The molecule has 0 unspecified atom stereocenters. The van der Waals surface area contributed by atoms with Gasteiger partial charge in [0.1, 0.15) is 12.3 Å². The standard InChI is InChI=1S/C20H17N3O3S/c24-18(13-23-16-8-4-5-9-17(16)26-14-19(23)25)21-20-22(10-11-27-20)12-15-6-2-1-3-7-15/h1-11H,12-14H2. The van der Waals surface area contributed by atoms with E-state index >= 15 is 0 Å². The minimum Gasteiger partial charge on any atom is -0.482 e. The second-order valence-electron chi connectivity index (χ2n) is 6.04. The Hall–Kier alpha value is -3.19. The van der Waals surface area contributed by atoms with E-state index in [0.29, 0.717) is 22.8 Å². The summed E-state index contributed by atoms with van der Waals surface area (Å²) >= 11 is 1.39. The molecule has 0 atom stereocenters. The zero-order valence-electron chi connectivity index (χ0n) is 14.4. The number of hydrogen-bond acceptors (Lipinski definition) is 4. The van der Waals surface area contributed by atoms with Crippen molar-refractivity contribution in [2.45, 2.75) is 6.54 Å². The van der Waals surface area contributed by atoms with Crippen molar-refractivity contribution in [1.82, 2.24) is 4.57 Å². The first-order valence-electron chi connectivity index (χ1n) is 8.48. The number of para-hydroxylation sites is 2. The highest BCUT2D eigenvalue weighted by Gasteiger charge is 2.26. The van der Waals surface area contributed by atoms with E-state index in [4.69, 9.17) is 4.74 Å². The van der Waals surface area contributed by atoms with Crippen LogP contribution in [0.1, 0.15) is 5.56 Å². The van der Waals surface area contributed by atoms with Gasteiger partial charge < -0.3 is 9.30 Å². The van der Waals surface area contributed by atoms with Crippen LogP contribution in [0.3, 0.4) is 0 Å². The van der Waals surface area contributed by atoms with Crippen molar-refractivity contribution >= 4 is 28.8 Å². The first kappa shape index (κ1) is 17.2. The van der Waals surface area contributed by atoms with Gasteiger partial charge in [-0.1, -0.05) is 42.5 Å². The molecule has 1 aliphatic rings. The van der Waals surface area contributed by atoms with Gasteiger partial charge >= 0.3 is 0 Å². The lowest BCUT2D eigenvalue weighted by molar-refractivity contribution is -0.124. The van der Waals surface area contributed by atoms with Gasteiger partial charge in [0.15, 0.2) is 11.4 Å². The molecule has 0 fully saturated rings. The second kappa shape index (κ2) is 7.59. The summed E-state index contributed by atoms with van der Waals surface area (Å²) in [5, 5.41) is 1.89. The van der Waals surface area contributed by atoms with Crippen LogP contribution in [0.25, 0.3) is 0 Å². The van der Waals surface area contributed by atoms with Gasteiger partial charge in [-0.2, -0.15) is 4.99 Å². The molecule has 0 bridgehead atoms. The second-order valence-corrected chi connectivity index (χ2v) is 6.91. The van der Waals surface area contributed by atoms with Gasteiger partial charge in [0.05, 0.1) is 5.69 Å². The number of ether oxygens (including phenoxy) is 1. The maximum absolute atomic E-state index is 12.5. The smallest absolute Gasteiger partial charge is 0.268 e. The molecule has 0 aliphatic carbocycles. The van der Waals surface area contributed by atoms with Gasteiger partial charge in [-0.3, -0.25) is 14.5 Å². The first-order valence-corrected chi connectivity index (χ1v) is 9.36. The van der Waals surface area contributed by atoms with Crippen molar-refractivity contribution in [3.8, 4) is 5.75 Å². The zero-order valence-corrected chi connectivity index (χ0v) is 15.3. The predicted molar refractivity (Wildman–Crippen MR) is 103 cm³/mol. The number of thiazole rings is 1. The summed E-state index contributed by atoms with van der Waals surface area (Å²) in [6.07, 6.45) is 1.90. The molecule has 0 saturated heterocycles. The molecule has 0 saturated carbocycles. The van der Waals surface area contributed by atoms with Crippen molar-refractivity contribution in [2.75, 3.05) is 18.1 Å². The molecule has 136 valence electrons. The SMILES string of the molecule is O=C(CN1C(=O)COc2ccccc21)N=c1sccn1Cc1ccccc1. The highest BCUT2D eigenvalue weighted by atomic mass is 32.1. The van der Waals surface area contributed by atoms with Crippen LogP contribution in [0.5, 0.6) is 5.75 Å². The van der Waals surface area contributed by atoms with Crippen molar-refractivity contribution in [2.24, 2.45) is 4.99 Å². The molecule has 2 heterocycles. The third-order valence-electron chi connectivity index (χ3n) is 4.18. The summed E-state index contributed by atoms with van der Waals surface area (Å²) in [6, 6.07) is 17.2. The Labute approximate surface area is 160 Å². The maximum atomic E-state index is 12.5.